The second-order valence-electron chi connectivity index (χ2n) is 4.21. The molecule has 1 atom stereocenters. The second-order valence-corrected chi connectivity index (χ2v) is 4.21. The molecule has 1 saturated heterocycles. The third-order valence-electron chi connectivity index (χ3n) is 2.67. The van der Waals surface area contributed by atoms with Crippen molar-refractivity contribution in [3.8, 4) is 0 Å². The highest BCUT2D eigenvalue weighted by Gasteiger charge is 2.20. The fourth-order valence-corrected chi connectivity index (χ4v) is 1.81. The van der Waals surface area contributed by atoms with Crippen molar-refractivity contribution in [2.45, 2.75) is 26.7 Å². The van der Waals surface area contributed by atoms with E-state index >= 15 is 0 Å². The van der Waals surface area contributed by atoms with Gasteiger partial charge in [-0.1, -0.05) is 11.6 Å². The van der Waals surface area contributed by atoms with E-state index in [1.165, 1.54) is 25.1 Å². The Labute approximate surface area is 81.2 Å². The van der Waals surface area contributed by atoms with Gasteiger partial charge in [-0.25, -0.2) is 0 Å². The van der Waals surface area contributed by atoms with Crippen molar-refractivity contribution in [2.24, 2.45) is 5.92 Å². The first-order valence-corrected chi connectivity index (χ1v) is 5.19. The van der Waals surface area contributed by atoms with Crippen molar-refractivity contribution in [1.82, 2.24) is 4.90 Å². The zero-order valence-electron chi connectivity index (χ0n) is 8.79. The summed E-state index contributed by atoms with van der Waals surface area (Å²) in [6, 6.07) is 0. The largest absolute Gasteiger partial charge is 0.396 e. The van der Waals surface area contributed by atoms with Crippen LogP contribution in [0.3, 0.4) is 0 Å². The fraction of sp³-hybridized carbons (Fsp3) is 0.818. The Morgan fingerprint density at radius 3 is 2.92 bits per heavy atom. The maximum absolute atomic E-state index is 8.80. The van der Waals surface area contributed by atoms with Crippen LogP contribution < -0.4 is 0 Å². The first-order chi connectivity index (χ1) is 6.22. The average molecular weight is 183 g/mol. The summed E-state index contributed by atoms with van der Waals surface area (Å²) in [5.74, 6) is 0.732. The standard InChI is InChI=1S/C11H21NO/c1-10(2)3-6-12-7-4-11(9-12)5-8-13/h3,11,13H,4-9H2,1-2H3. The zero-order chi connectivity index (χ0) is 9.68. The summed E-state index contributed by atoms with van der Waals surface area (Å²) in [6.45, 7) is 8.09. The molecule has 1 fully saturated rings. The highest BCUT2D eigenvalue weighted by molar-refractivity contribution is 4.95. The Hall–Kier alpha value is -0.340. The highest BCUT2D eigenvalue weighted by atomic mass is 16.3. The molecule has 0 aromatic rings. The third kappa shape index (κ3) is 3.92. The van der Waals surface area contributed by atoms with E-state index < -0.39 is 0 Å². The molecule has 2 heteroatoms. The number of nitrogens with zero attached hydrogens (tertiary/aromatic N) is 1. The molecule has 0 saturated carbocycles. The average Bonchev–Trinajstić information content (AvgIpc) is 2.50. The van der Waals surface area contributed by atoms with Crippen LogP contribution in [0.15, 0.2) is 11.6 Å². The van der Waals surface area contributed by atoms with Gasteiger partial charge in [0.2, 0.25) is 0 Å². The molecule has 1 heterocycles. The fourth-order valence-electron chi connectivity index (χ4n) is 1.81. The van der Waals surface area contributed by atoms with E-state index in [4.69, 9.17) is 5.11 Å². The lowest BCUT2D eigenvalue weighted by Gasteiger charge is -2.13. The van der Waals surface area contributed by atoms with E-state index in [-0.39, 0.29) is 0 Å². The molecule has 1 rings (SSSR count). The van der Waals surface area contributed by atoms with Gasteiger partial charge in [0.15, 0.2) is 0 Å². The Kier molecular flexibility index (Phi) is 4.46. The quantitative estimate of drug-likeness (QED) is 0.670. The van der Waals surface area contributed by atoms with Gasteiger partial charge >= 0.3 is 0 Å². The number of allylic oxidation sites excluding steroid dienone is 1. The Balaban J connectivity index is 2.21. The molecule has 0 amide bonds. The number of likely N-dealkylation sites (tertiary alicyclic amines) is 1. The van der Waals surface area contributed by atoms with E-state index in [1.54, 1.807) is 0 Å². The molecule has 0 radical (unpaired) electrons. The van der Waals surface area contributed by atoms with Crippen molar-refractivity contribution in [1.29, 1.82) is 0 Å². The number of rotatable bonds is 4. The molecule has 1 aliphatic heterocycles. The van der Waals surface area contributed by atoms with E-state index in [2.05, 4.69) is 24.8 Å². The van der Waals surface area contributed by atoms with Crippen LogP contribution in [-0.2, 0) is 0 Å². The topological polar surface area (TPSA) is 23.5 Å². The van der Waals surface area contributed by atoms with E-state index in [1.807, 2.05) is 0 Å². The lowest BCUT2D eigenvalue weighted by atomic mass is 10.1. The molecule has 13 heavy (non-hydrogen) atoms. The minimum absolute atomic E-state index is 0.348. The highest BCUT2D eigenvalue weighted by Crippen LogP contribution is 2.18. The summed E-state index contributed by atoms with van der Waals surface area (Å²) in [6.07, 6.45) is 4.52. The van der Waals surface area contributed by atoms with Crippen molar-refractivity contribution in [2.75, 3.05) is 26.2 Å². The van der Waals surface area contributed by atoms with Gasteiger partial charge < -0.3 is 5.11 Å². The SMILES string of the molecule is CC(C)=CCN1CCC(CCO)C1. The normalized spacial score (nSPS) is 23.5. The van der Waals surface area contributed by atoms with Crippen molar-refractivity contribution < 1.29 is 5.11 Å². The number of aliphatic hydroxyl groups is 1. The van der Waals surface area contributed by atoms with Crippen molar-refractivity contribution in [3.05, 3.63) is 11.6 Å². The van der Waals surface area contributed by atoms with Gasteiger partial charge in [0.1, 0.15) is 0 Å². The summed E-state index contributed by atoms with van der Waals surface area (Å²) in [5.41, 5.74) is 1.39. The Bertz CT molecular complexity index is 173. The van der Waals surface area contributed by atoms with Crippen LogP contribution in [0, 0.1) is 5.92 Å². The number of hydrogen-bond donors (Lipinski definition) is 1. The molecule has 76 valence electrons. The van der Waals surface area contributed by atoms with Crippen molar-refractivity contribution >= 4 is 0 Å². The predicted molar refractivity (Wildman–Crippen MR) is 55.7 cm³/mol. The molecular formula is C11H21NO. The molecule has 0 bridgehead atoms. The van der Waals surface area contributed by atoms with E-state index in [0.29, 0.717) is 6.61 Å². The van der Waals surface area contributed by atoms with Crippen LogP contribution in [0.25, 0.3) is 0 Å². The zero-order valence-corrected chi connectivity index (χ0v) is 8.79. The predicted octanol–water partition coefficient (Wildman–Crippen LogP) is 1.66. The first-order valence-electron chi connectivity index (χ1n) is 5.19. The summed E-state index contributed by atoms with van der Waals surface area (Å²) in [4.78, 5) is 2.47. The molecule has 2 nitrogen and oxygen atoms in total. The van der Waals surface area contributed by atoms with Crippen molar-refractivity contribution in [3.63, 3.8) is 0 Å². The van der Waals surface area contributed by atoms with E-state index in [9.17, 15) is 0 Å². The lowest BCUT2D eigenvalue weighted by molar-refractivity contribution is 0.254. The summed E-state index contributed by atoms with van der Waals surface area (Å²) < 4.78 is 0. The van der Waals surface area contributed by atoms with E-state index in [0.717, 1.165) is 18.9 Å². The van der Waals surface area contributed by atoms with Gasteiger partial charge in [0.25, 0.3) is 0 Å². The molecule has 1 unspecified atom stereocenters. The minimum atomic E-state index is 0.348. The molecule has 1 aliphatic rings. The Morgan fingerprint density at radius 1 is 1.54 bits per heavy atom. The lowest BCUT2D eigenvalue weighted by Crippen LogP contribution is -2.21. The van der Waals surface area contributed by atoms with Crippen LogP contribution >= 0.6 is 0 Å². The molecular weight excluding hydrogens is 162 g/mol. The minimum Gasteiger partial charge on any atom is -0.396 e. The molecule has 0 aromatic heterocycles. The molecule has 0 aliphatic carbocycles. The van der Waals surface area contributed by atoms with Gasteiger partial charge in [0, 0.05) is 19.7 Å². The maximum Gasteiger partial charge on any atom is 0.0434 e. The number of hydrogen-bond acceptors (Lipinski definition) is 2. The van der Waals surface area contributed by atoms with Crippen LogP contribution in [0.1, 0.15) is 26.7 Å². The monoisotopic (exact) mass is 183 g/mol. The van der Waals surface area contributed by atoms with Gasteiger partial charge in [-0.2, -0.15) is 0 Å². The van der Waals surface area contributed by atoms with Crippen LogP contribution in [0.2, 0.25) is 0 Å². The third-order valence-corrected chi connectivity index (χ3v) is 2.67. The van der Waals surface area contributed by atoms with Gasteiger partial charge in [-0.15, -0.1) is 0 Å². The van der Waals surface area contributed by atoms with Gasteiger partial charge in [0.05, 0.1) is 0 Å². The summed E-state index contributed by atoms with van der Waals surface area (Å²) >= 11 is 0. The molecule has 1 N–H and O–H groups in total. The van der Waals surface area contributed by atoms with Crippen LogP contribution in [0.5, 0.6) is 0 Å². The summed E-state index contributed by atoms with van der Waals surface area (Å²) in [7, 11) is 0. The van der Waals surface area contributed by atoms with Gasteiger partial charge in [-0.05, 0) is 39.2 Å². The smallest absolute Gasteiger partial charge is 0.0434 e. The van der Waals surface area contributed by atoms with Gasteiger partial charge in [-0.3, -0.25) is 4.90 Å². The molecule has 0 aromatic carbocycles. The Morgan fingerprint density at radius 2 is 2.31 bits per heavy atom. The second kappa shape index (κ2) is 5.40. The molecule has 0 spiro atoms. The summed E-state index contributed by atoms with van der Waals surface area (Å²) in [5, 5.41) is 8.80. The number of aliphatic hydroxyl groups excluding tert-OH is 1. The van der Waals surface area contributed by atoms with Crippen LogP contribution in [-0.4, -0.2) is 36.2 Å². The van der Waals surface area contributed by atoms with Crippen LogP contribution in [0.4, 0.5) is 0 Å². The maximum atomic E-state index is 8.80. The first kappa shape index (κ1) is 10.7.